The first kappa shape index (κ1) is 15.2. The molecule has 1 unspecified atom stereocenters. The number of hydrogen-bond acceptors (Lipinski definition) is 6. The number of carbonyl (C=O) groups is 1. The van der Waals surface area contributed by atoms with Crippen molar-refractivity contribution in [2.45, 2.75) is 19.3 Å². The van der Waals surface area contributed by atoms with E-state index in [1.165, 1.54) is 0 Å². The van der Waals surface area contributed by atoms with Gasteiger partial charge < -0.3 is 14.0 Å². The van der Waals surface area contributed by atoms with Gasteiger partial charge in [-0.1, -0.05) is 35.5 Å². The Morgan fingerprint density at radius 1 is 1.33 bits per heavy atom. The highest BCUT2D eigenvalue weighted by atomic mass is 16.5. The highest BCUT2D eigenvalue weighted by molar-refractivity contribution is 5.80. The Morgan fingerprint density at radius 3 is 2.76 bits per heavy atom. The molecule has 0 fully saturated rings. The molecule has 0 radical (unpaired) electrons. The summed E-state index contributed by atoms with van der Waals surface area (Å²) in [5.41, 5.74) is 0.762. The first-order valence-electron chi connectivity index (χ1n) is 6.79. The van der Waals surface area contributed by atoms with Crippen molar-refractivity contribution >= 4 is 5.97 Å². The van der Waals surface area contributed by atoms with Gasteiger partial charge in [-0.25, -0.2) is 0 Å². The van der Waals surface area contributed by atoms with Gasteiger partial charge in [-0.05, 0) is 12.5 Å². The minimum Gasteiger partial charge on any atom is -0.465 e. The summed E-state index contributed by atoms with van der Waals surface area (Å²) >= 11 is 0. The predicted molar refractivity (Wildman–Crippen MR) is 74.8 cm³/mol. The third-order valence-electron chi connectivity index (χ3n) is 2.92. The van der Waals surface area contributed by atoms with Crippen LogP contribution < -0.4 is 0 Å². The van der Waals surface area contributed by atoms with Crippen molar-refractivity contribution in [1.29, 1.82) is 0 Å². The van der Waals surface area contributed by atoms with Crippen molar-refractivity contribution in [3.05, 3.63) is 47.6 Å². The van der Waals surface area contributed by atoms with E-state index in [0.717, 1.165) is 5.56 Å². The lowest BCUT2D eigenvalue weighted by atomic mass is 9.99. The maximum absolute atomic E-state index is 12.2. The van der Waals surface area contributed by atoms with Crippen LogP contribution >= 0.6 is 0 Å². The monoisotopic (exact) mass is 290 g/mol. The van der Waals surface area contributed by atoms with Crippen molar-refractivity contribution in [2.24, 2.45) is 0 Å². The highest BCUT2D eigenvalue weighted by Gasteiger charge is 2.29. The summed E-state index contributed by atoms with van der Waals surface area (Å²) in [7, 11) is 1.60. The second-order valence-electron chi connectivity index (χ2n) is 4.39. The number of hydrogen-bond donors (Lipinski definition) is 0. The van der Waals surface area contributed by atoms with E-state index in [4.69, 9.17) is 14.0 Å². The Hall–Kier alpha value is -2.21. The van der Waals surface area contributed by atoms with E-state index in [0.29, 0.717) is 25.5 Å². The first-order valence-corrected chi connectivity index (χ1v) is 6.79. The van der Waals surface area contributed by atoms with E-state index in [1.807, 2.05) is 30.3 Å². The second-order valence-corrected chi connectivity index (χ2v) is 4.39. The number of aromatic nitrogens is 2. The number of ether oxygens (including phenoxy) is 2. The van der Waals surface area contributed by atoms with Crippen LogP contribution in [-0.2, 0) is 20.7 Å². The van der Waals surface area contributed by atoms with Gasteiger partial charge in [0.05, 0.1) is 13.2 Å². The van der Waals surface area contributed by atoms with Gasteiger partial charge in [-0.15, -0.1) is 0 Å². The zero-order valence-electron chi connectivity index (χ0n) is 12.1. The largest absolute Gasteiger partial charge is 0.465 e. The molecule has 0 aliphatic carbocycles. The van der Waals surface area contributed by atoms with Crippen LogP contribution in [0, 0.1) is 0 Å². The zero-order chi connectivity index (χ0) is 15.1. The molecule has 0 aliphatic heterocycles. The fourth-order valence-electron chi connectivity index (χ4n) is 1.93. The van der Waals surface area contributed by atoms with Crippen molar-refractivity contribution in [3.8, 4) is 0 Å². The van der Waals surface area contributed by atoms with E-state index >= 15 is 0 Å². The average molecular weight is 290 g/mol. The normalized spacial score (nSPS) is 12.1. The molecule has 112 valence electrons. The molecule has 2 rings (SSSR count). The maximum atomic E-state index is 12.2. The van der Waals surface area contributed by atoms with Gasteiger partial charge in [-0.2, -0.15) is 4.98 Å². The lowest BCUT2D eigenvalue weighted by Gasteiger charge is -2.11. The molecule has 0 N–H and O–H groups in total. The molecule has 0 saturated heterocycles. The molecule has 2 aromatic rings. The smallest absolute Gasteiger partial charge is 0.323 e. The van der Waals surface area contributed by atoms with Gasteiger partial charge in [0.1, 0.15) is 0 Å². The van der Waals surface area contributed by atoms with Crippen LogP contribution in [-0.4, -0.2) is 36.4 Å². The number of methoxy groups -OCH3 is 1. The minimum atomic E-state index is -0.699. The van der Waals surface area contributed by atoms with E-state index in [1.54, 1.807) is 14.0 Å². The van der Waals surface area contributed by atoms with E-state index in [-0.39, 0.29) is 5.89 Å². The second kappa shape index (κ2) is 7.54. The van der Waals surface area contributed by atoms with Gasteiger partial charge >= 0.3 is 5.97 Å². The molecule has 0 bridgehead atoms. The van der Waals surface area contributed by atoms with Gasteiger partial charge in [0.25, 0.3) is 0 Å². The quantitative estimate of drug-likeness (QED) is 0.726. The van der Waals surface area contributed by atoms with Crippen molar-refractivity contribution in [1.82, 2.24) is 10.1 Å². The lowest BCUT2D eigenvalue weighted by Crippen LogP contribution is -2.17. The standard InChI is InChI=1S/C15H18N2O4/c1-3-20-15(18)13(11-7-5-4-6-8-11)14-16-12(17-21-14)9-10-19-2/h4-8,13H,3,9-10H2,1-2H3. The summed E-state index contributed by atoms with van der Waals surface area (Å²) < 4.78 is 15.3. The van der Waals surface area contributed by atoms with E-state index in [9.17, 15) is 4.79 Å². The number of benzene rings is 1. The molecule has 0 spiro atoms. The Kier molecular flexibility index (Phi) is 5.45. The number of rotatable bonds is 7. The van der Waals surface area contributed by atoms with Crippen LogP contribution in [0.15, 0.2) is 34.9 Å². The molecule has 6 nitrogen and oxygen atoms in total. The van der Waals surface area contributed by atoms with Gasteiger partial charge in [-0.3, -0.25) is 4.79 Å². The summed E-state index contributed by atoms with van der Waals surface area (Å²) in [5.74, 6) is -0.344. The van der Waals surface area contributed by atoms with Crippen LogP contribution in [0.5, 0.6) is 0 Å². The van der Waals surface area contributed by atoms with Gasteiger partial charge in [0, 0.05) is 13.5 Å². The summed E-state index contributed by atoms with van der Waals surface area (Å²) in [4.78, 5) is 16.5. The molecule has 0 amide bonds. The molecule has 21 heavy (non-hydrogen) atoms. The maximum Gasteiger partial charge on any atom is 0.323 e. The molecule has 6 heteroatoms. The van der Waals surface area contributed by atoms with Gasteiger partial charge in [0.2, 0.25) is 5.89 Å². The van der Waals surface area contributed by atoms with Crippen LogP contribution in [0.1, 0.15) is 30.1 Å². The Bertz CT molecular complexity index is 568. The Labute approximate surface area is 123 Å². The molecule has 1 atom stereocenters. The van der Waals surface area contributed by atoms with Crippen LogP contribution in [0.4, 0.5) is 0 Å². The van der Waals surface area contributed by atoms with Crippen LogP contribution in [0.2, 0.25) is 0 Å². The number of esters is 1. The van der Waals surface area contributed by atoms with Crippen molar-refractivity contribution in [3.63, 3.8) is 0 Å². The number of nitrogens with zero attached hydrogens (tertiary/aromatic N) is 2. The molecule has 1 heterocycles. The molecule has 1 aromatic carbocycles. The van der Waals surface area contributed by atoms with E-state index in [2.05, 4.69) is 10.1 Å². The third kappa shape index (κ3) is 3.88. The first-order chi connectivity index (χ1) is 10.3. The Morgan fingerprint density at radius 2 is 2.10 bits per heavy atom. The summed E-state index contributed by atoms with van der Waals surface area (Å²) in [6.07, 6.45) is 0.532. The molecule has 0 saturated carbocycles. The average Bonchev–Trinajstić information content (AvgIpc) is 2.95. The molecular formula is C15H18N2O4. The topological polar surface area (TPSA) is 74.5 Å². The number of carbonyl (C=O) groups excluding carboxylic acids is 1. The summed E-state index contributed by atoms with van der Waals surface area (Å²) in [6.45, 7) is 2.55. The SMILES string of the molecule is CCOC(=O)C(c1ccccc1)c1nc(CCOC)no1. The molecule has 1 aromatic heterocycles. The van der Waals surface area contributed by atoms with Crippen molar-refractivity contribution in [2.75, 3.05) is 20.3 Å². The molecular weight excluding hydrogens is 272 g/mol. The minimum absolute atomic E-state index is 0.241. The van der Waals surface area contributed by atoms with Crippen molar-refractivity contribution < 1.29 is 18.8 Å². The highest BCUT2D eigenvalue weighted by Crippen LogP contribution is 2.24. The summed E-state index contributed by atoms with van der Waals surface area (Å²) in [5, 5.41) is 3.87. The lowest BCUT2D eigenvalue weighted by molar-refractivity contribution is -0.144. The van der Waals surface area contributed by atoms with Crippen LogP contribution in [0.3, 0.4) is 0 Å². The Balaban J connectivity index is 2.27. The van der Waals surface area contributed by atoms with Gasteiger partial charge in [0.15, 0.2) is 11.7 Å². The fraction of sp³-hybridized carbons (Fsp3) is 0.400. The molecule has 0 aliphatic rings. The predicted octanol–water partition coefficient (Wildman–Crippen LogP) is 1.95. The third-order valence-corrected chi connectivity index (χ3v) is 2.92. The van der Waals surface area contributed by atoms with Crippen LogP contribution in [0.25, 0.3) is 0 Å². The zero-order valence-corrected chi connectivity index (χ0v) is 12.1. The van der Waals surface area contributed by atoms with E-state index < -0.39 is 11.9 Å². The summed E-state index contributed by atoms with van der Waals surface area (Å²) in [6, 6.07) is 9.25. The fourth-order valence-corrected chi connectivity index (χ4v) is 1.93.